The van der Waals surface area contributed by atoms with Crippen LogP contribution in [0.3, 0.4) is 0 Å². The molecule has 0 saturated heterocycles. The number of hydrogen-bond donors (Lipinski definition) is 2. The minimum Gasteiger partial charge on any atom is -0.392 e. The van der Waals surface area contributed by atoms with Gasteiger partial charge in [-0.15, -0.1) is 0 Å². The average Bonchev–Trinajstić information content (AvgIpc) is 2.20. The highest BCUT2D eigenvalue weighted by Gasteiger charge is 2.23. The van der Waals surface area contributed by atoms with Gasteiger partial charge in [0.2, 0.25) is 0 Å². The zero-order valence-electron chi connectivity index (χ0n) is 9.72. The Bertz CT molecular complexity index is 366. The molecule has 4 heteroatoms. The van der Waals surface area contributed by atoms with E-state index >= 15 is 0 Å². The molecule has 0 aromatic heterocycles. The molecule has 0 radical (unpaired) electrons. The van der Waals surface area contributed by atoms with Crippen LogP contribution < -0.4 is 5.32 Å². The van der Waals surface area contributed by atoms with E-state index in [2.05, 4.69) is 5.32 Å². The van der Waals surface area contributed by atoms with Crippen LogP contribution in [0.4, 0.5) is 4.39 Å². The van der Waals surface area contributed by atoms with Crippen LogP contribution in [0.25, 0.3) is 0 Å². The maximum atomic E-state index is 13.1. The topological polar surface area (TPSA) is 32.3 Å². The molecule has 1 unspecified atom stereocenters. The minimum atomic E-state index is -0.500. The van der Waals surface area contributed by atoms with E-state index < -0.39 is 17.5 Å². The first-order valence-corrected chi connectivity index (χ1v) is 5.58. The Morgan fingerprint density at radius 3 is 2.69 bits per heavy atom. The first-order chi connectivity index (χ1) is 7.34. The summed E-state index contributed by atoms with van der Waals surface area (Å²) in [5, 5.41) is 12.8. The summed E-state index contributed by atoms with van der Waals surface area (Å²) in [4.78, 5) is 0. The number of benzene rings is 1. The predicted molar refractivity (Wildman–Crippen MR) is 64.0 cm³/mol. The Labute approximate surface area is 100 Å². The summed E-state index contributed by atoms with van der Waals surface area (Å²) in [5.74, 6) is -0.421. The molecule has 0 amide bonds. The van der Waals surface area contributed by atoms with Gasteiger partial charge in [-0.1, -0.05) is 23.7 Å². The zero-order chi connectivity index (χ0) is 12.3. The quantitative estimate of drug-likeness (QED) is 0.855. The summed E-state index contributed by atoms with van der Waals surface area (Å²) < 4.78 is 13.1. The van der Waals surface area contributed by atoms with Gasteiger partial charge >= 0.3 is 0 Å². The zero-order valence-corrected chi connectivity index (χ0v) is 10.5. The van der Waals surface area contributed by atoms with Gasteiger partial charge in [-0.2, -0.15) is 0 Å². The molecule has 0 heterocycles. The molecule has 0 aliphatic carbocycles. The van der Waals surface area contributed by atoms with Crippen molar-refractivity contribution in [3.05, 3.63) is 34.6 Å². The number of rotatable bonds is 4. The van der Waals surface area contributed by atoms with E-state index in [4.69, 9.17) is 11.6 Å². The van der Waals surface area contributed by atoms with Crippen LogP contribution >= 0.6 is 11.6 Å². The van der Waals surface area contributed by atoms with Gasteiger partial charge in [0.1, 0.15) is 5.82 Å². The van der Waals surface area contributed by atoms with Crippen LogP contribution in [0.1, 0.15) is 26.3 Å². The van der Waals surface area contributed by atoms with Gasteiger partial charge < -0.3 is 10.4 Å². The van der Waals surface area contributed by atoms with Crippen LogP contribution in [0.15, 0.2) is 18.2 Å². The number of halogens is 2. The lowest BCUT2D eigenvalue weighted by atomic mass is 9.98. The van der Waals surface area contributed by atoms with Crippen LogP contribution in [0, 0.1) is 5.82 Å². The van der Waals surface area contributed by atoms with Crippen molar-refractivity contribution < 1.29 is 9.50 Å². The third-order valence-electron chi connectivity index (χ3n) is 2.81. The third kappa shape index (κ3) is 3.17. The Morgan fingerprint density at radius 1 is 1.50 bits per heavy atom. The van der Waals surface area contributed by atoms with Crippen molar-refractivity contribution in [2.75, 3.05) is 0 Å². The Hall–Kier alpha value is -0.640. The molecule has 90 valence electrons. The van der Waals surface area contributed by atoms with Crippen molar-refractivity contribution in [1.82, 2.24) is 5.32 Å². The molecule has 1 aromatic carbocycles. The minimum absolute atomic E-state index is 0.136. The van der Waals surface area contributed by atoms with Gasteiger partial charge in [-0.05, 0) is 32.4 Å². The van der Waals surface area contributed by atoms with Gasteiger partial charge in [0, 0.05) is 12.1 Å². The predicted octanol–water partition coefficient (Wildman–Crippen LogP) is 2.73. The van der Waals surface area contributed by atoms with Crippen molar-refractivity contribution in [3.8, 4) is 0 Å². The van der Waals surface area contributed by atoms with Gasteiger partial charge in [-0.3, -0.25) is 0 Å². The van der Waals surface area contributed by atoms with Crippen molar-refractivity contribution in [1.29, 1.82) is 0 Å². The smallest absolute Gasteiger partial charge is 0.142 e. The van der Waals surface area contributed by atoms with Crippen LogP contribution in [-0.2, 0) is 6.54 Å². The van der Waals surface area contributed by atoms with Crippen molar-refractivity contribution in [2.45, 2.75) is 39.0 Å². The standard InChI is InChI=1S/C12H17ClFNO/c1-8(16)12(2,3)15-7-9-5-4-6-10(14)11(9)13/h4-6,8,15-16H,7H2,1-3H3. The monoisotopic (exact) mass is 245 g/mol. The lowest BCUT2D eigenvalue weighted by Gasteiger charge is -2.29. The first-order valence-electron chi connectivity index (χ1n) is 5.20. The lowest BCUT2D eigenvalue weighted by Crippen LogP contribution is -2.47. The van der Waals surface area contributed by atoms with E-state index in [1.807, 2.05) is 13.8 Å². The Balaban J connectivity index is 2.72. The largest absolute Gasteiger partial charge is 0.392 e. The summed E-state index contributed by atoms with van der Waals surface area (Å²) >= 11 is 5.82. The highest BCUT2D eigenvalue weighted by molar-refractivity contribution is 6.31. The SMILES string of the molecule is CC(O)C(C)(C)NCc1cccc(F)c1Cl. The van der Waals surface area contributed by atoms with E-state index in [1.54, 1.807) is 19.1 Å². The molecular formula is C12H17ClFNO. The second-order valence-corrected chi connectivity index (χ2v) is 4.84. The summed E-state index contributed by atoms with van der Waals surface area (Å²) in [6, 6.07) is 4.70. The fourth-order valence-electron chi connectivity index (χ4n) is 1.16. The maximum Gasteiger partial charge on any atom is 0.142 e. The normalized spacial score (nSPS) is 13.9. The fraction of sp³-hybridized carbons (Fsp3) is 0.500. The molecule has 0 bridgehead atoms. The highest BCUT2D eigenvalue weighted by Crippen LogP contribution is 2.20. The lowest BCUT2D eigenvalue weighted by molar-refractivity contribution is 0.0956. The van der Waals surface area contributed by atoms with Gasteiger partial charge in [-0.25, -0.2) is 4.39 Å². The second kappa shape index (κ2) is 5.13. The van der Waals surface area contributed by atoms with E-state index in [0.717, 1.165) is 0 Å². The number of aliphatic hydroxyl groups is 1. The molecule has 2 N–H and O–H groups in total. The van der Waals surface area contributed by atoms with E-state index in [0.29, 0.717) is 12.1 Å². The third-order valence-corrected chi connectivity index (χ3v) is 3.23. The summed E-state index contributed by atoms with van der Waals surface area (Å²) in [5.41, 5.74) is 0.255. The molecule has 0 aliphatic rings. The van der Waals surface area contributed by atoms with Gasteiger partial charge in [0.05, 0.1) is 11.1 Å². The molecule has 2 nitrogen and oxygen atoms in total. The number of aliphatic hydroxyl groups excluding tert-OH is 1. The molecule has 1 rings (SSSR count). The van der Waals surface area contributed by atoms with Crippen molar-refractivity contribution in [3.63, 3.8) is 0 Å². The number of nitrogens with one attached hydrogen (secondary N) is 1. The fourth-order valence-corrected chi connectivity index (χ4v) is 1.35. The molecule has 0 saturated carbocycles. The van der Waals surface area contributed by atoms with Crippen molar-refractivity contribution >= 4 is 11.6 Å². The molecule has 16 heavy (non-hydrogen) atoms. The molecule has 0 spiro atoms. The van der Waals surface area contributed by atoms with E-state index in [9.17, 15) is 9.50 Å². The summed E-state index contributed by atoms with van der Waals surface area (Å²) in [6.45, 7) is 5.89. The Kier molecular flexibility index (Phi) is 4.30. The Morgan fingerprint density at radius 2 is 2.12 bits per heavy atom. The summed E-state index contributed by atoms with van der Waals surface area (Å²) in [7, 11) is 0. The van der Waals surface area contributed by atoms with E-state index in [1.165, 1.54) is 6.07 Å². The maximum absolute atomic E-state index is 13.1. The average molecular weight is 246 g/mol. The van der Waals surface area contributed by atoms with Crippen LogP contribution in [0.2, 0.25) is 5.02 Å². The van der Waals surface area contributed by atoms with Gasteiger partial charge in [0.25, 0.3) is 0 Å². The molecule has 0 fully saturated rings. The first kappa shape index (κ1) is 13.4. The second-order valence-electron chi connectivity index (χ2n) is 4.46. The molecular weight excluding hydrogens is 229 g/mol. The number of hydrogen-bond acceptors (Lipinski definition) is 2. The summed E-state index contributed by atoms with van der Waals surface area (Å²) in [6.07, 6.45) is -0.500. The molecule has 0 aliphatic heterocycles. The molecule has 1 aromatic rings. The molecule has 1 atom stereocenters. The van der Waals surface area contributed by atoms with Crippen molar-refractivity contribution in [2.24, 2.45) is 0 Å². The van der Waals surface area contributed by atoms with Crippen LogP contribution in [0.5, 0.6) is 0 Å². The van der Waals surface area contributed by atoms with Crippen LogP contribution in [-0.4, -0.2) is 16.7 Å². The van der Waals surface area contributed by atoms with E-state index in [-0.39, 0.29) is 5.02 Å². The highest BCUT2D eigenvalue weighted by atomic mass is 35.5. The van der Waals surface area contributed by atoms with Gasteiger partial charge in [0.15, 0.2) is 0 Å².